The highest BCUT2D eigenvalue weighted by Gasteiger charge is 2.33. The van der Waals surface area contributed by atoms with Gasteiger partial charge in [-0.25, -0.2) is 0 Å². The van der Waals surface area contributed by atoms with Gasteiger partial charge in [0.2, 0.25) is 0 Å². The summed E-state index contributed by atoms with van der Waals surface area (Å²) in [6.07, 6.45) is -3.46. The van der Waals surface area contributed by atoms with Gasteiger partial charge in [0.05, 0.1) is 11.3 Å². The Morgan fingerprint density at radius 2 is 1.76 bits per heavy atom. The highest BCUT2D eigenvalue weighted by Crippen LogP contribution is 2.34. The molecule has 0 fully saturated rings. The summed E-state index contributed by atoms with van der Waals surface area (Å²) in [5.74, 6) is -0.228. The number of rotatable bonds is 4. The zero-order chi connectivity index (χ0) is 21.0. The molecule has 1 N–H and O–H groups in total. The maximum Gasteiger partial charge on any atom is 0.418 e. The minimum atomic E-state index is -4.64. The number of hydrogen-bond donors (Lipinski definition) is 1. The molecule has 2 aromatic carbocycles. The van der Waals surface area contributed by atoms with Crippen molar-refractivity contribution in [3.8, 4) is 17.4 Å². The zero-order valence-electron chi connectivity index (χ0n) is 14.6. The number of carbonyl (C=O) groups is 1. The van der Waals surface area contributed by atoms with E-state index in [-0.39, 0.29) is 5.76 Å². The van der Waals surface area contributed by atoms with Crippen LogP contribution in [0.1, 0.15) is 11.3 Å². The largest absolute Gasteiger partial charge is 0.457 e. The van der Waals surface area contributed by atoms with Crippen LogP contribution in [-0.4, -0.2) is 5.91 Å². The first kappa shape index (κ1) is 20.4. The average molecular weight is 461 g/mol. The van der Waals surface area contributed by atoms with E-state index in [9.17, 15) is 23.2 Å². The first-order valence-corrected chi connectivity index (χ1v) is 9.02. The second-order valence-electron chi connectivity index (χ2n) is 5.88. The van der Waals surface area contributed by atoms with Gasteiger partial charge in [-0.3, -0.25) is 4.79 Å². The van der Waals surface area contributed by atoms with Crippen LogP contribution in [0.2, 0.25) is 0 Å². The highest BCUT2D eigenvalue weighted by atomic mass is 79.9. The first-order chi connectivity index (χ1) is 13.8. The molecule has 3 rings (SSSR count). The van der Waals surface area contributed by atoms with Crippen LogP contribution < -0.4 is 5.32 Å². The van der Waals surface area contributed by atoms with Crippen LogP contribution in [0.25, 0.3) is 17.4 Å². The molecule has 0 aliphatic heterocycles. The van der Waals surface area contributed by atoms with Gasteiger partial charge in [0, 0.05) is 16.1 Å². The number of anilines is 1. The lowest BCUT2D eigenvalue weighted by atomic mass is 10.1. The van der Waals surface area contributed by atoms with Crippen molar-refractivity contribution >= 4 is 33.6 Å². The Morgan fingerprint density at radius 3 is 2.41 bits per heavy atom. The minimum Gasteiger partial charge on any atom is -0.457 e. The van der Waals surface area contributed by atoms with E-state index < -0.39 is 28.9 Å². The van der Waals surface area contributed by atoms with E-state index in [2.05, 4.69) is 21.2 Å². The number of nitrogens with zero attached hydrogens (tertiary/aromatic N) is 1. The fourth-order valence-corrected chi connectivity index (χ4v) is 2.78. The minimum absolute atomic E-state index is 0.221. The molecule has 1 amide bonds. The van der Waals surface area contributed by atoms with E-state index in [1.165, 1.54) is 18.2 Å². The molecule has 3 aromatic rings. The van der Waals surface area contributed by atoms with Gasteiger partial charge in [-0.15, -0.1) is 0 Å². The smallest absolute Gasteiger partial charge is 0.418 e. The van der Waals surface area contributed by atoms with Gasteiger partial charge in [0.1, 0.15) is 23.2 Å². The lowest BCUT2D eigenvalue weighted by Crippen LogP contribution is -2.17. The summed E-state index contributed by atoms with van der Waals surface area (Å²) in [6, 6.07) is 16.8. The Labute approximate surface area is 172 Å². The average Bonchev–Trinajstić information content (AvgIpc) is 3.15. The molecule has 0 unspecified atom stereocenters. The van der Waals surface area contributed by atoms with Gasteiger partial charge >= 0.3 is 6.18 Å². The van der Waals surface area contributed by atoms with Gasteiger partial charge in [-0.2, -0.15) is 18.4 Å². The molecule has 29 heavy (non-hydrogen) atoms. The van der Waals surface area contributed by atoms with Crippen molar-refractivity contribution < 1.29 is 22.4 Å². The van der Waals surface area contributed by atoms with Crippen LogP contribution >= 0.6 is 15.9 Å². The van der Waals surface area contributed by atoms with Crippen molar-refractivity contribution in [3.05, 3.63) is 82.0 Å². The Hall–Kier alpha value is -3.31. The maximum atomic E-state index is 13.1. The molecule has 1 aromatic heterocycles. The topological polar surface area (TPSA) is 66.0 Å². The molecule has 0 bridgehead atoms. The van der Waals surface area contributed by atoms with Crippen LogP contribution in [0.15, 0.2) is 75.1 Å². The summed E-state index contributed by atoms with van der Waals surface area (Å²) in [5.41, 5.74) is -1.03. The van der Waals surface area contributed by atoms with Gasteiger partial charge in [0.15, 0.2) is 0 Å². The summed E-state index contributed by atoms with van der Waals surface area (Å²) in [7, 11) is 0. The Bertz CT molecular complexity index is 1110. The van der Waals surface area contributed by atoms with Crippen molar-refractivity contribution in [3.63, 3.8) is 0 Å². The summed E-state index contributed by atoms with van der Waals surface area (Å²) in [5, 5.41) is 11.4. The monoisotopic (exact) mass is 460 g/mol. The zero-order valence-corrected chi connectivity index (χ0v) is 16.2. The van der Waals surface area contributed by atoms with Gasteiger partial charge in [-0.1, -0.05) is 40.2 Å². The van der Waals surface area contributed by atoms with Gasteiger partial charge in [0.25, 0.3) is 5.91 Å². The van der Waals surface area contributed by atoms with Gasteiger partial charge < -0.3 is 9.73 Å². The molecule has 0 saturated heterocycles. The predicted molar refractivity (Wildman–Crippen MR) is 106 cm³/mol. The number of amides is 1. The molecular weight excluding hydrogens is 449 g/mol. The molecule has 146 valence electrons. The van der Waals surface area contributed by atoms with Crippen molar-refractivity contribution in [2.45, 2.75) is 6.18 Å². The van der Waals surface area contributed by atoms with Crippen LogP contribution in [-0.2, 0) is 11.0 Å². The summed E-state index contributed by atoms with van der Waals surface area (Å²) in [6.45, 7) is 0. The quantitative estimate of drug-likeness (QED) is 0.368. The third-order valence-corrected chi connectivity index (χ3v) is 4.42. The Kier molecular flexibility index (Phi) is 5.89. The van der Waals surface area contributed by atoms with Crippen LogP contribution in [0, 0.1) is 11.3 Å². The standard InChI is InChI=1S/C21H12BrF3N2O2/c22-15-7-5-13(6-8-15)19-10-9-16(29-19)11-14(12-26)20(28)27-18-4-2-1-3-17(18)21(23,24)25/h1-11H,(H,27,28)/b14-11+. The number of alkyl halides is 3. The fourth-order valence-electron chi connectivity index (χ4n) is 2.52. The predicted octanol–water partition coefficient (Wildman–Crippen LogP) is 6.27. The SMILES string of the molecule is N#C/C(=C\c1ccc(-c2ccc(Br)cc2)o1)C(=O)Nc1ccccc1C(F)(F)F. The molecule has 0 radical (unpaired) electrons. The number of nitriles is 1. The maximum absolute atomic E-state index is 13.1. The van der Waals surface area contributed by atoms with E-state index in [4.69, 9.17) is 4.42 Å². The number of hydrogen-bond acceptors (Lipinski definition) is 3. The molecule has 0 aliphatic rings. The van der Waals surface area contributed by atoms with Crippen molar-refractivity contribution in [1.82, 2.24) is 0 Å². The molecular formula is C21H12BrF3N2O2. The number of benzene rings is 2. The van der Waals surface area contributed by atoms with Crippen molar-refractivity contribution in [2.75, 3.05) is 5.32 Å². The van der Waals surface area contributed by atoms with E-state index in [0.29, 0.717) is 5.76 Å². The lowest BCUT2D eigenvalue weighted by Gasteiger charge is -2.13. The molecule has 0 aliphatic carbocycles. The van der Waals surface area contributed by atoms with E-state index in [1.807, 2.05) is 24.3 Å². The molecule has 0 saturated carbocycles. The van der Waals surface area contributed by atoms with Crippen LogP contribution in [0.5, 0.6) is 0 Å². The number of furan rings is 1. The molecule has 8 heteroatoms. The summed E-state index contributed by atoms with van der Waals surface area (Å²) >= 11 is 3.33. The van der Waals surface area contributed by atoms with Gasteiger partial charge in [-0.05, 0) is 36.4 Å². The molecule has 0 spiro atoms. The second kappa shape index (κ2) is 8.37. The summed E-state index contributed by atoms with van der Waals surface area (Å²) < 4.78 is 45.7. The van der Waals surface area contributed by atoms with E-state index in [0.717, 1.165) is 22.2 Å². The fraction of sp³-hybridized carbons (Fsp3) is 0.0476. The Morgan fingerprint density at radius 1 is 1.07 bits per heavy atom. The highest BCUT2D eigenvalue weighted by molar-refractivity contribution is 9.10. The Balaban J connectivity index is 1.83. The van der Waals surface area contributed by atoms with Crippen LogP contribution in [0.4, 0.5) is 18.9 Å². The first-order valence-electron chi connectivity index (χ1n) is 8.23. The number of para-hydroxylation sites is 1. The van der Waals surface area contributed by atoms with Crippen molar-refractivity contribution in [2.24, 2.45) is 0 Å². The number of halogens is 4. The molecule has 0 atom stereocenters. The molecule has 4 nitrogen and oxygen atoms in total. The number of carbonyl (C=O) groups excluding carboxylic acids is 1. The number of nitrogens with one attached hydrogen (secondary N) is 1. The van der Waals surface area contributed by atoms with E-state index in [1.54, 1.807) is 18.2 Å². The molecule has 1 heterocycles. The van der Waals surface area contributed by atoms with Crippen LogP contribution in [0.3, 0.4) is 0 Å². The third-order valence-electron chi connectivity index (χ3n) is 3.89. The second-order valence-corrected chi connectivity index (χ2v) is 6.79. The van der Waals surface area contributed by atoms with E-state index >= 15 is 0 Å². The summed E-state index contributed by atoms with van der Waals surface area (Å²) in [4.78, 5) is 12.3. The third kappa shape index (κ3) is 4.95. The lowest BCUT2D eigenvalue weighted by molar-refractivity contribution is -0.137. The normalized spacial score (nSPS) is 11.8. The van der Waals surface area contributed by atoms with Crippen molar-refractivity contribution in [1.29, 1.82) is 5.26 Å².